The molecule has 1 aromatic heterocycles. The quantitative estimate of drug-likeness (QED) is 0.552. The predicted octanol–water partition coefficient (Wildman–Crippen LogP) is 2.08. The lowest BCUT2D eigenvalue weighted by molar-refractivity contribution is 0.0153. The number of rotatable bonds is 6. The number of anilines is 1. The molecule has 1 saturated carbocycles. The Morgan fingerprint density at radius 2 is 2.08 bits per heavy atom. The van der Waals surface area contributed by atoms with Gasteiger partial charge in [0.25, 0.3) is 5.91 Å². The summed E-state index contributed by atoms with van der Waals surface area (Å²) in [6.45, 7) is 0.408. The van der Waals surface area contributed by atoms with Crippen LogP contribution in [0.4, 0.5) is 5.69 Å². The molecule has 1 aromatic carbocycles. The largest absolute Gasteiger partial charge is 0.398 e. The van der Waals surface area contributed by atoms with Crippen molar-refractivity contribution in [1.29, 1.82) is 0 Å². The Morgan fingerprint density at radius 3 is 2.80 bits per heavy atom. The van der Waals surface area contributed by atoms with E-state index in [1.807, 2.05) is 12.1 Å². The number of nitrogens with one attached hydrogen (secondary N) is 1. The minimum atomic E-state index is -0.310. The number of nitrogens with two attached hydrogens (primary N) is 1. The fraction of sp³-hybridized carbons (Fsp3) is 0.368. The Morgan fingerprint density at radius 1 is 1.28 bits per heavy atom. The molecule has 0 bridgehead atoms. The molecule has 2 atom stereocenters. The molecule has 2 aromatic rings. The first kappa shape index (κ1) is 17.4. The highest BCUT2D eigenvalue weighted by molar-refractivity contribution is 5.96. The van der Waals surface area contributed by atoms with E-state index in [0.29, 0.717) is 24.3 Å². The van der Waals surface area contributed by atoms with Crippen LogP contribution in [0.15, 0.2) is 42.7 Å². The maximum atomic E-state index is 12.5. The van der Waals surface area contributed by atoms with Crippen LogP contribution < -0.4 is 11.2 Å². The molecule has 1 aliphatic rings. The molecule has 1 fully saturated rings. The number of hydrogen-bond acceptors (Lipinski definition) is 5. The molecular weight excluding hydrogens is 318 g/mol. The molecule has 0 saturated heterocycles. The number of carbonyl (C=O) groups excluding carboxylic acids is 1. The summed E-state index contributed by atoms with van der Waals surface area (Å²) in [5.74, 6) is -0.0256. The zero-order chi connectivity index (χ0) is 17.6. The topological polar surface area (TPSA) is 97.5 Å². The number of hydrogen-bond donors (Lipinski definition) is 3. The van der Waals surface area contributed by atoms with E-state index < -0.39 is 0 Å². The maximum absolute atomic E-state index is 12.5. The van der Waals surface area contributed by atoms with Crippen LogP contribution in [0.5, 0.6) is 0 Å². The van der Waals surface area contributed by atoms with Crippen molar-refractivity contribution in [2.24, 2.45) is 5.92 Å². The van der Waals surface area contributed by atoms with E-state index in [-0.39, 0.29) is 17.9 Å². The molecule has 0 aliphatic heterocycles. The molecule has 0 spiro atoms. The highest BCUT2D eigenvalue weighted by Gasteiger charge is 2.23. The Balaban J connectivity index is 1.64. The molecule has 6 heteroatoms. The van der Waals surface area contributed by atoms with Gasteiger partial charge in [0, 0.05) is 30.1 Å². The molecule has 3 rings (SSSR count). The molecule has 0 radical (unpaired) electrons. The number of pyridine rings is 1. The highest BCUT2D eigenvalue weighted by atomic mass is 16.7. The molecule has 132 valence electrons. The first-order chi connectivity index (χ1) is 12.1. The second-order valence-corrected chi connectivity index (χ2v) is 6.48. The van der Waals surface area contributed by atoms with Crippen LogP contribution >= 0.6 is 0 Å². The third-order valence-corrected chi connectivity index (χ3v) is 4.58. The van der Waals surface area contributed by atoms with Gasteiger partial charge in [-0.2, -0.15) is 0 Å². The normalized spacial score (nSPS) is 19.7. The Hall–Kier alpha value is -2.44. The van der Waals surface area contributed by atoms with Crippen LogP contribution in [-0.2, 0) is 11.3 Å². The van der Waals surface area contributed by atoms with Crippen LogP contribution in [0.3, 0.4) is 0 Å². The monoisotopic (exact) mass is 341 g/mol. The van der Waals surface area contributed by atoms with Gasteiger partial charge in [-0.25, -0.2) is 5.48 Å². The average molecular weight is 341 g/mol. The van der Waals surface area contributed by atoms with Gasteiger partial charge in [0.15, 0.2) is 0 Å². The maximum Gasteiger partial charge on any atom is 0.275 e. The summed E-state index contributed by atoms with van der Waals surface area (Å²) >= 11 is 0. The van der Waals surface area contributed by atoms with Crippen LogP contribution in [-0.4, -0.2) is 28.7 Å². The summed E-state index contributed by atoms with van der Waals surface area (Å²) in [5.41, 5.74) is 11.5. The lowest BCUT2D eigenvalue weighted by Gasteiger charge is -2.14. The van der Waals surface area contributed by atoms with E-state index in [2.05, 4.69) is 10.5 Å². The SMILES string of the molecule is Nc1cccc(C(=O)NOCC2CCC(O)C2)c1Cc1ccncc1. The van der Waals surface area contributed by atoms with Gasteiger partial charge >= 0.3 is 0 Å². The standard InChI is InChI=1S/C19H23N3O3/c20-18-3-1-2-16(17(18)11-13-6-8-21-9-7-13)19(24)22-25-12-14-4-5-15(23)10-14/h1-3,6-9,14-15,23H,4-5,10-12,20H2,(H,22,24). The Labute approximate surface area is 147 Å². The first-order valence-electron chi connectivity index (χ1n) is 8.50. The Kier molecular flexibility index (Phi) is 5.63. The van der Waals surface area contributed by atoms with E-state index in [0.717, 1.165) is 30.4 Å². The molecular formula is C19H23N3O3. The van der Waals surface area contributed by atoms with E-state index in [1.54, 1.807) is 30.6 Å². The number of amides is 1. The summed E-state index contributed by atoms with van der Waals surface area (Å²) in [6.07, 6.45) is 6.18. The van der Waals surface area contributed by atoms with Gasteiger partial charge in [-0.1, -0.05) is 6.07 Å². The number of benzene rings is 1. The van der Waals surface area contributed by atoms with Crippen molar-refractivity contribution in [2.75, 3.05) is 12.3 Å². The van der Waals surface area contributed by atoms with Gasteiger partial charge in [0.2, 0.25) is 0 Å². The van der Waals surface area contributed by atoms with Crippen LogP contribution in [0, 0.1) is 5.92 Å². The van der Waals surface area contributed by atoms with Gasteiger partial charge in [-0.05, 0) is 60.6 Å². The zero-order valence-electron chi connectivity index (χ0n) is 14.0. The summed E-state index contributed by atoms with van der Waals surface area (Å²) in [6, 6.07) is 9.08. The Bertz CT molecular complexity index is 721. The third kappa shape index (κ3) is 4.55. The number of carbonyl (C=O) groups is 1. The summed E-state index contributed by atoms with van der Waals surface area (Å²) in [4.78, 5) is 21.9. The van der Waals surface area contributed by atoms with Gasteiger partial charge in [0.05, 0.1) is 12.7 Å². The number of aromatic nitrogens is 1. The average Bonchev–Trinajstić information content (AvgIpc) is 3.03. The van der Waals surface area contributed by atoms with E-state index >= 15 is 0 Å². The minimum absolute atomic E-state index is 0.245. The number of nitrogen functional groups attached to an aromatic ring is 1. The van der Waals surface area contributed by atoms with E-state index in [9.17, 15) is 9.90 Å². The molecule has 1 heterocycles. The van der Waals surface area contributed by atoms with Crippen LogP contribution in [0.25, 0.3) is 0 Å². The molecule has 1 amide bonds. The van der Waals surface area contributed by atoms with Crippen molar-refractivity contribution in [3.8, 4) is 0 Å². The highest BCUT2D eigenvalue weighted by Crippen LogP contribution is 2.25. The van der Waals surface area contributed by atoms with Crippen LogP contribution in [0.2, 0.25) is 0 Å². The summed E-state index contributed by atoms with van der Waals surface area (Å²) in [5, 5.41) is 9.53. The van der Waals surface area contributed by atoms with Crippen LogP contribution in [0.1, 0.15) is 40.7 Å². The van der Waals surface area contributed by atoms with Crippen molar-refractivity contribution >= 4 is 11.6 Å². The summed E-state index contributed by atoms with van der Waals surface area (Å²) < 4.78 is 0. The zero-order valence-corrected chi connectivity index (χ0v) is 14.0. The second kappa shape index (κ2) is 8.09. The van der Waals surface area contributed by atoms with Crippen molar-refractivity contribution in [1.82, 2.24) is 10.5 Å². The van der Waals surface area contributed by atoms with Crippen molar-refractivity contribution in [3.05, 3.63) is 59.4 Å². The molecule has 25 heavy (non-hydrogen) atoms. The fourth-order valence-corrected chi connectivity index (χ4v) is 3.20. The number of aliphatic hydroxyl groups excluding tert-OH is 1. The van der Waals surface area contributed by atoms with Crippen molar-refractivity contribution in [2.45, 2.75) is 31.8 Å². The lowest BCUT2D eigenvalue weighted by Crippen LogP contribution is -2.27. The predicted molar refractivity (Wildman–Crippen MR) is 94.7 cm³/mol. The van der Waals surface area contributed by atoms with Crippen molar-refractivity contribution < 1.29 is 14.7 Å². The van der Waals surface area contributed by atoms with Crippen molar-refractivity contribution in [3.63, 3.8) is 0 Å². The fourth-order valence-electron chi connectivity index (χ4n) is 3.20. The van der Waals surface area contributed by atoms with E-state index in [4.69, 9.17) is 10.6 Å². The van der Waals surface area contributed by atoms with E-state index in [1.165, 1.54) is 0 Å². The summed E-state index contributed by atoms with van der Waals surface area (Å²) in [7, 11) is 0. The molecule has 4 N–H and O–H groups in total. The number of aliphatic hydroxyl groups is 1. The molecule has 1 aliphatic carbocycles. The number of nitrogens with zero attached hydrogens (tertiary/aromatic N) is 1. The second-order valence-electron chi connectivity index (χ2n) is 6.48. The lowest BCUT2D eigenvalue weighted by atomic mass is 9.98. The molecule has 2 unspecified atom stereocenters. The first-order valence-corrected chi connectivity index (χ1v) is 8.50. The number of hydroxylamine groups is 1. The smallest absolute Gasteiger partial charge is 0.275 e. The molecule has 6 nitrogen and oxygen atoms in total. The third-order valence-electron chi connectivity index (χ3n) is 4.58. The van der Waals surface area contributed by atoms with Gasteiger partial charge in [0.1, 0.15) is 0 Å². The van der Waals surface area contributed by atoms with Gasteiger partial charge < -0.3 is 10.8 Å². The van der Waals surface area contributed by atoms with Gasteiger partial charge in [-0.15, -0.1) is 0 Å². The van der Waals surface area contributed by atoms with Gasteiger partial charge in [-0.3, -0.25) is 14.6 Å². The minimum Gasteiger partial charge on any atom is -0.398 e.